The number of nitrogens with zero attached hydrogens (tertiary/aromatic N) is 2. The maximum absolute atomic E-state index is 11.9. The van der Waals surface area contributed by atoms with Crippen LogP contribution >= 0.6 is 0 Å². The lowest BCUT2D eigenvalue weighted by Gasteiger charge is -2.24. The van der Waals surface area contributed by atoms with Crippen LogP contribution in [0.2, 0.25) is 0 Å². The van der Waals surface area contributed by atoms with Crippen molar-refractivity contribution in [3.05, 3.63) is 5.82 Å². The second-order valence-corrected chi connectivity index (χ2v) is 4.53. The third-order valence-electron chi connectivity index (χ3n) is 3.15. The molecule has 1 saturated carbocycles. The lowest BCUT2D eigenvalue weighted by molar-refractivity contribution is -0.143. The van der Waals surface area contributed by atoms with Gasteiger partial charge in [0.25, 0.3) is 0 Å². The van der Waals surface area contributed by atoms with E-state index < -0.39 is 11.9 Å². The lowest BCUT2D eigenvalue weighted by Crippen LogP contribution is -2.31. The molecule has 0 spiro atoms. The number of amides is 1. The molecule has 98 valence electrons. The van der Waals surface area contributed by atoms with Crippen molar-refractivity contribution in [2.45, 2.75) is 32.6 Å². The first-order valence-corrected chi connectivity index (χ1v) is 5.90. The minimum atomic E-state index is -0.832. The first-order valence-electron chi connectivity index (χ1n) is 5.90. The Hall–Kier alpha value is -1.92. The molecule has 0 aromatic carbocycles. The fraction of sp³-hybridized carbons (Fsp3) is 0.636. The molecule has 7 nitrogen and oxygen atoms in total. The summed E-state index contributed by atoms with van der Waals surface area (Å²) in [5, 5.41) is 15.0. The van der Waals surface area contributed by atoms with Crippen LogP contribution in [0.3, 0.4) is 0 Å². The highest BCUT2D eigenvalue weighted by atomic mass is 16.5. The number of carboxylic acid groups (broad SMARTS) is 1. The van der Waals surface area contributed by atoms with Crippen molar-refractivity contribution in [1.82, 2.24) is 10.1 Å². The molecule has 2 N–H and O–H groups in total. The highest BCUT2D eigenvalue weighted by Crippen LogP contribution is 2.29. The molecule has 1 amide bonds. The maximum atomic E-state index is 11.9. The third kappa shape index (κ3) is 2.85. The summed E-state index contributed by atoms with van der Waals surface area (Å²) in [6.07, 6.45) is 2.45. The topological polar surface area (TPSA) is 105 Å². The molecule has 2 atom stereocenters. The van der Waals surface area contributed by atoms with Crippen molar-refractivity contribution in [2.75, 3.05) is 5.32 Å². The number of aliphatic carboxylic acids is 1. The zero-order valence-corrected chi connectivity index (χ0v) is 10.0. The molecule has 2 rings (SSSR count). The van der Waals surface area contributed by atoms with Crippen LogP contribution in [0.1, 0.15) is 31.5 Å². The van der Waals surface area contributed by atoms with E-state index in [1.807, 2.05) is 0 Å². The summed E-state index contributed by atoms with van der Waals surface area (Å²) in [6.45, 7) is 1.65. The monoisotopic (exact) mass is 253 g/mol. The van der Waals surface area contributed by atoms with Gasteiger partial charge in [-0.05, 0) is 26.2 Å². The highest BCUT2D eigenvalue weighted by Gasteiger charge is 2.31. The van der Waals surface area contributed by atoms with Crippen molar-refractivity contribution in [3.63, 3.8) is 0 Å². The van der Waals surface area contributed by atoms with Gasteiger partial charge in [-0.3, -0.25) is 14.9 Å². The van der Waals surface area contributed by atoms with Crippen LogP contribution < -0.4 is 5.32 Å². The van der Waals surface area contributed by atoms with Crippen LogP contribution in [0.5, 0.6) is 0 Å². The van der Waals surface area contributed by atoms with Crippen LogP contribution in [0.15, 0.2) is 4.52 Å². The molecule has 0 saturated heterocycles. The molecular weight excluding hydrogens is 238 g/mol. The standard InChI is InChI=1S/C11H15N3O4/c1-6-12-11(18-14-6)13-9(15)7-3-2-4-8(5-7)10(16)17/h7-8H,2-5H2,1H3,(H,16,17)(H,12,13,14,15). The number of nitrogens with one attached hydrogen (secondary N) is 1. The third-order valence-corrected chi connectivity index (χ3v) is 3.15. The molecule has 7 heteroatoms. The van der Waals surface area contributed by atoms with Gasteiger partial charge in [-0.2, -0.15) is 4.98 Å². The van der Waals surface area contributed by atoms with Crippen LogP contribution in [0.25, 0.3) is 0 Å². The first-order chi connectivity index (χ1) is 8.56. The van der Waals surface area contributed by atoms with Crippen molar-refractivity contribution < 1.29 is 19.2 Å². The fourth-order valence-electron chi connectivity index (χ4n) is 2.21. The molecule has 1 aromatic rings. The van der Waals surface area contributed by atoms with E-state index in [-0.39, 0.29) is 17.8 Å². The molecule has 0 bridgehead atoms. The van der Waals surface area contributed by atoms with E-state index in [1.54, 1.807) is 6.92 Å². The molecule has 2 unspecified atom stereocenters. The predicted octanol–water partition coefficient (Wildman–Crippen LogP) is 1.21. The van der Waals surface area contributed by atoms with E-state index in [2.05, 4.69) is 15.5 Å². The summed E-state index contributed by atoms with van der Waals surface area (Å²) < 4.78 is 4.79. The van der Waals surface area contributed by atoms with Gasteiger partial charge in [0.15, 0.2) is 5.82 Å². The number of aromatic nitrogens is 2. The largest absolute Gasteiger partial charge is 0.481 e. The van der Waals surface area contributed by atoms with Gasteiger partial charge in [0.05, 0.1) is 5.92 Å². The minimum absolute atomic E-state index is 0.0648. The molecular formula is C11H15N3O4. The molecule has 1 aliphatic rings. The Balaban J connectivity index is 1.94. The molecule has 1 fully saturated rings. The number of carbonyl (C=O) groups is 2. The van der Waals surface area contributed by atoms with Crippen molar-refractivity contribution >= 4 is 17.9 Å². The normalized spacial score (nSPS) is 23.6. The summed E-state index contributed by atoms with van der Waals surface area (Å²) in [6, 6.07) is 0.0648. The number of aryl methyl sites for hydroxylation is 1. The van der Waals surface area contributed by atoms with Gasteiger partial charge >= 0.3 is 12.0 Å². The van der Waals surface area contributed by atoms with Gasteiger partial charge in [-0.25, -0.2) is 0 Å². The summed E-state index contributed by atoms with van der Waals surface area (Å²) in [5.41, 5.74) is 0. The molecule has 18 heavy (non-hydrogen) atoms. The van der Waals surface area contributed by atoms with Gasteiger partial charge in [0.2, 0.25) is 5.91 Å². The Kier molecular flexibility index (Phi) is 3.59. The molecule has 1 aromatic heterocycles. The summed E-state index contributed by atoms with van der Waals surface area (Å²) in [4.78, 5) is 26.7. The molecule has 1 aliphatic carbocycles. The number of hydrogen-bond donors (Lipinski definition) is 2. The van der Waals surface area contributed by atoms with E-state index in [1.165, 1.54) is 0 Å². The Morgan fingerprint density at radius 2 is 2.11 bits per heavy atom. The first kappa shape index (κ1) is 12.5. The van der Waals surface area contributed by atoms with Gasteiger partial charge < -0.3 is 9.63 Å². The SMILES string of the molecule is Cc1noc(NC(=O)C2CCCC(C(=O)O)C2)n1. The second kappa shape index (κ2) is 5.16. The van der Waals surface area contributed by atoms with Gasteiger partial charge in [0.1, 0.15) is 0 Å². The van der Waals surface area contributed by atoms with Crippen LogP contribution in [-0.2, 0) is 9.59 Å². The quantitative estimate of drug-likeness (QED) is 0.838. The van der Waals surface area contributed by atoms with Crippen molar-refractivity contribution in [1.29, 1.82) is 0 Å². The van der Waals surface area contributed by atoms with Gasteiger partial charge in [0, 0.05) is 5.92 Å². The zero-order chi connectivity index (χ0) is 13.1. The van der Waals surface area contributed by atoms with E-state index in [0.717, 1.165) is 6.42 Å². The Morgan fingerprint density at radius 1 is 1.39 bits per heavy atom. The average Bonchev–Trinajstić information content (AvgIpc) is 2.75. The number of anilines is 1. The number of rotatable bonds is 3. The average molecular weight is 253 g/mol. The van der Waals surface area contributed by atoms with E-state index in [4.69, 9.17) is 9.63 Å². The minimum Gasteiger partial charge on any atom is -0.481 e. The summed E-state index contributed by atoms with van der Waals surface area (Å²) in [7, 11) is 0. The van der Waals surface area contributed by atoms with E-state index in [9.17, 15) is 9.59 Å². The van der Waals surface area contributed by atoms with Crippen LogP contribution in [-0.4, -0.2) is 27.1 Å². The molecule has 0 aliphatic heterocycles. The van der Waals surface area contributed by atoms with Gasteiger partial charge in [-0.1, -0.05) is 11.6 Å². The summed E-state index contributed by atoms with van der Waals surface area (Å²) >= 11 is 0. The fourth-order valence-corrected chi connectivity index (χ4v) is 2.21. The van der Waals surface area contributed by atoms with Gasteiger partial charge in [-0.15, -0.1) is 0 Å². The number of hydrogen-bond acceptors (Lipinski definition) is 5. The van der Waals surface area contributed by atoms with Crippen molar-refractivity contribution in [3.8, 4) is 0 Å². The summed E-state index contributed by atoms with van der Waals surface area (Å²) in [5.74, 6) is -1.37. The smallest absolute Gasteiger partial charge is 0.328 e. The Morgan fingerprint density at radius 3 is 2.72 bits per heavy atom. The van der Waals surface area contributed by atoms with Crippen LogP contribution in [0.4, 0.5) is 6.01 Å². The highest BCUT2D eigenvalue weighted by molar-refractivity contribution is 5.91. The molecule has 1 heterocycles. The second-order valence-electron chi connectivity index (χ2n) is 4.53. The Bertz CT molecular complexity index is 457. The van der Waals surface area contributed by atoms with E-state index in [0.29, 0.717) is 25.1 Å². The Labute approximate surface area is 104 Å². The molecule has 0 radical (unpaired) electrons. The number of carboxylic acids is 1. The van der Waals surface area contributed by atoms with E-state index >= 15 is 0 Å². The maximum Gasteiger partial charge on any atom is 0.328 e. The van der Waals surface area contributed by atoms with Crippen LogP contribution in [0, 0.1) is 18.8 Å². The van der Waals surface area contributed by atoms with Crippen molar-refractivity contribution in [2.24, 2.45) is 11.8 Å². The number of carbonyl (C=O) groups excluding carboxylic acids is 1. The zero-order valence-electron chi connectivity index (χ0n) is 10.0. The predicted molar refractivity (Wildman–Crippen MR) is 60.7 cm³/mol. The lowest BCUT2D eigenvalue weighted by atomic mass is 9.81.